The van der Waals surface area contributed by atoms with Gasteiger partial charge in [0.15, 0.2) is 5.67 Å². The summed E-state index contributed by atoms with van der Waals surface area (Å²) in [6.07, 6.45) is -1.08. The summed E-state index contributed by atoms with van der Waals surface area (Å²) < 4.78 is 13.4. The van der Waals surface area contributed by atoms with Crippen LogP contribution in [0.2, 0.25) is 5.82 Å². The van der Waals surface area contributed by atoms with E-state index in [1.54, 1.807) is 0 Å². The van der Waals surface area contributed by atoms with Gasteiger partial charge >= 0.3 is 0 Å². The maximum Gasteiger partial charge on any atom is 0.179 e. The standard InChI is InChI=1S/C7H10BFO2/c1-4-5(8)2-6(11)7(4,9)3-10/h5-6,10-11H,1-3H2/t5-,6+,7+/m1/s1. The SMILES string of the molecule is [B][C@@H]1C[C@H](O)[C@](F)(CO)C1=C. The third-order valence-electron chi connectivity index (χ3n) is 2.22. The van der Waals surface area contributed by atoms with Crippen LogP contribution in [-0.2, 0) is 0 Å². The third kappa shape index (κ3) is 1.10. The Labute approximate surface area is 66.1 Å². The van der Waals surface area contributed by atoms with Gasteiger partial charge in [0.05, 0.1) is 20.6 Å². The van der Waals surface area contributed by atoms with Crippen LogP contribution in [0.15, 0.2) is 12.2 Å². The lowest BCUT2D eigenvalue weighted by atomic mass is 9.81. The van der Waals surface area contributed by atoms with E-state index < -0.39 is 24.2 Å². The second-order valence-corrected chi connectivity index (χ2v) is 2.90. The zero-order chi connectivity index (χ0) is 8.65. The number of hydrogen-bond acceptors (Lipinski definition) is 2. The van der Waals surface area contributed by atoms with Gasteiger partial charge in [-0.15, -0.1) is 0 Å². The molecule has 1 fully saturated rings. The lowest BCUT2D eigenvalue weighted by Crippen LogP contribution is -2.37. The molecule has 0 aromatic rings. The molecule has 2 N–H and O–H groups in total. The smallest absolute Gasteiger partial charge is 0.179 e. The molecule has 1 saturated carbocycles. The quantitative estimate of drug-likeness (QED) is 0.413. The maximum atomic E-state index is 13.4. The Morgan fingerprint density at radius 2 is 2.36 bits per heavy atom. The molecule has 0 amide bonds. The van der Waals surface area contributed by atoms with Crippen molar-refractivity contribution < 1.29 is 14.6 Å². The van der Waals surface area contributed by atoms with Crippen LogP contribution in [0.25, 0.3) is 0 Å². The molecule has 0 heterocycles. The monoisotopic (exact) mass is 156 g/mol. The summed E-state index contributed by atoms with van der Waals surface area (Å²) in [6, 6.07) is 0. The fraction of sp³-hybridized carbons (Fsp3) is 0.714. The molecule has 1 aliphatic carbocycles. The largest absolute Gasteiger partial charge is 0.393 e. The van der Waals surface area contributed by atoms with Gasteiger partial charge in [0.2, 0.25) is 0 Å². The predicted molar refractivity (Wildman–Crippen MR) is 40.2 cm³/mol. The molecule has 0 aromatic heterocycles. The van der Waals surface area contributed by atoms with E-state index in [9.17, 15) is 4.39 Å². The van der Waals surface area contributed by atoms with Gasteiger partial charge in [0, 0.05) is 0 Å². The van der Waals surface area contributed by atoms with Crippen LogP contribution in [-0.4, -0.2) is 36.4 Å². The highest BCUT2D eigenvalue weighted by Crippen LogP contribution is 2.43. The Bertz CT molecular complexity index is 185. The molecule has 1 rings (SSSR count). The van der Waals surface area contributed by atoms with E-state index in [1.807, 2.05) is 0 Å². The zero-order valence-electron chi connectivity index (χ0n) is 6.13. The molecule has 1 aliphatic rings. The molecule has 2 nitrogen and oxygen atoms in total. The first-order valence-electron chi connectivity index (χ1n) is 3.45. The summed E-state index contributed by atoms with van der Waals surface area (Å²) in [5.74, 6) is -0.540. The van der Waals surface area contributed by atoms with Crippen LogP contribution in [0.1, 0.15) is 6.42 Å². The van der Waals surface area contributed by atoms with Crippen LogP contribution in [0.4, 0.5) is 4.39 Å². The van der Waals surface area contributed by atoms with Gasteiger partial charge in [0.25, 0.3) is 0 Å². The van der Waals surface area contributed by atoms with Crippen LogP contribution < -0.4 is 0 Å². The maximum absolute atomic E-state index is 13.4. The van der Waals surface area contributed by atoms with Crippen molar-refractivity contribution in [1.82, 2.24) is 0 Å². The molecular weight excluding hydrogens is 146 g/mol. The minimum atomic E-state index is -2.08. The molecule has 2 radical (unpaired) electrons. The number of rotatable bonds is 1. The fourth-order valence-electron chi connectivity index (χ4n) is 1.30. The van der Waals surface area contributed by atoms with E-state index in [-0.39, 0.29) is 12.0 Å². The molecule has 0 saturated heterocycles. The summed E-state index contributed by atoms with van der Waals surface area (Å²) in [5, 5.41) is 17.7. The number of aliphatic hydroxyl groups is 2. The Morgan fingerprint density at radius 1 is 1.82 bits per heavy atom. The van der Waals surface area contributed by atoms with Crippen molar-refractivity contribution in [3.8, 4) is 0 Å². The number of hydrogen-bond donors (Lipinski definition) is 2. The van der Waals surface area contributed by atoms with Crippen molar-refractivity contribution in [2.75, 3.05) is 6.61 Å². The lowest BCUT2D eigenvalue weighted by molar-refractivity contribution is -0.00206. The molecule has 0 unspecified atom stereocenters. The van der Waals surface area contributed by atoms with E-state index in [0.29, 0.717) is 0 Å². The number of aliphatic hydroxyl groups excluding tert-OH is 2. The Hall–Kier alpha value is -0.345. The van der Waals surface area contributed by atoms with Crippen LogP contribution in [0, 0.1) is 0 Å². The normalized spacial score (nSPS) is 44.8. The molecule has 0 bridgehead atoms. The summed E-state index contributed by atoms with van der Waals surface area (Å²) in [4.78, 5) is 0. The minimum absolute atomic E-state index is 0.0903. The second-order valence-electron chi connectivity index (χ2n) is 2.90. The zero-order valence-corrected chi connectivity index (χ0v) is 6.13. The summed E-state index contributed by atoms with van der Waals surface area (Å²) in [7, 11) is 5.41. The average Bonchev–Trinajstić information content (AvgIpc) is 2.16. The van der Waals surface area contributed by atoms with Crippen molar-refractivity contribution in [2.45, 2.75) is 24.0 Å². The first kappa shape index (κ1) is 8.75. The molecule has 4 heteroatoms. The number of alkyl halides is 1. The van der Waals surface area contributed by atoms with E-state index in [4.69, 9.17) is 18.1 Å². The molecule has 0 aliphatic heterocycles. The third-order valence-corrected chi connectivity index (χ3v) is 2.22. The second kappa shape index (κ2) is 2.61. The molecule has 0 aromatic carbocycles. The lowest BCUT2D eigenvalue weighted by Gasteiger charge is -2.22. The first-order valence-corrected chi connectivity index (χ1v) is 3.45. The highest BCUT2D eigenvalue weighted by atomic mass is 19.1. The predicted octanol–water partition coefficient (Wildman–Crippen LogP) is -0.0352. The van der Waals surface area contributed by atoms with Crippen LogP contribution in [0.3, 0.4) is 0 Å². The van der Waals surface area contributed by atoms with Gasteiger partial charge < -0.3 is 10.2 Å². The summed E-state index contributed by atoms with van der Waals surface area (Å²) in [6.45, 7) is 2.64. The summed E-state index contributed by atoms with van der Waals surface area (Å²) in [5.41, 5.74) is -1.99. The molecule has 0 spiro atoms. The van der Waals surface area contributed by atoms with E-state index >= 15 is 0 Å². The Morgan fingerprint density at radius 3 is 2.55 bits per heavy atom. The van der Waals surface area contributed by atoms with Crippen LogP contribution in [0.5, 0.6) is 0 Å². The van der Waals surface area contributed by atoms with Crippen molar-refractivity contribution in [1.29, 1.82) is 0 Å². The van der Waals surface area contributed by atoms with Crippen molar-refractivity contribution in [3.05, 3.63) is 12.2 Å². The van der Waals surface area contributed by atoms with Gasteiger partial charge in [-0.25, -0.2) is 4.39 Å². The average molecular weight is 156 g/mol. The molecule has 11 heavy (non-hydrogen) atoms. The Balaban J connectivity index is 2.87. The van der Waals surface area contributed by atoms with E-state index in [1.165, 1.54) is 0 Å². The number of halogens is 1. The summed E-state index contributed by atoms with van der Waals surface area (Å²) >= 11 is 0. The Kier molecular flexibility index (Phi) is 2.07. The molecule has 3 atom stereocenters. The highest BCUT2D eigenvalue weighted by molar-refractivity contribution is 6.14. The fourth-order valence-corrected chi connectivity index (χ4v) is 1.30. The van der Waals surface area contributed by atoms with Crippen molar-refractivity contribution in [2.24, 2.45) is 0 Å². The first-order chi connectivity index (χ1) is 5.02. The van der Waals surface area contributed by atoms with Gasteiger partial charge in [-0.05, 0) is 12.0 Å². The molecule has 60 valence electrons. The van der Waals surface area contributed by atoms with E-state index in [2.05, 4.69) is 6.58 Å². The van der Waals surface area contributed by atoms with Gasteiger partial charge in [-0.1, -0.05) is 12.4 Å². The van der Waals surface area contributed by atoms with Gasteiger partial charge in [-0.3, -0.25) is 0 Å². The topological polar surface area (TPSA) is 40.5 Å². The highest BCUT2D eigenvalue weighted by Gasteiger charge is 2.48. The van der Waals surface area contributed by atoms with Crippen molar-refractivity contribution in [3.63, 3.8) is 0 Å². The van der Waals surface area contributed by atoms with Crippen molar-refractivity contribution >= 4 is 7.85 Å². The van der Waals surface area contributed by atoms with Crippen LogP contribution >= 0.6 is 0 Å². The minimum Gasteiger partial charge on any atom is -0.393 e. The van der Waals surface area contributed by atoms with Gasteiger partial charge in [0.1, 0.15) is 0 Å². The molecular formula is C7H10BFO2. The van der Waals surface area contributed by atoms with Gasteiger partial charge in [-0.2, -0.15) is 0 Å². The van der Waals surface area contributed by atoms with E-state index in [0.717, 1.165) is 0 Å².